The van der Waals surface area contributed by atoms with E-state index in [1.165, 1.54) is 0 Å². The molecule has 6 heteroatoms. The van der Waals surface area contributed by atoms with Gasteiger partial charge in [-0.15, -0.1) is 16.5 Å². The van der Waals surface area contributed by atoms with Crippen LogP contribution >= 0.6 is 34.4 Å². The Morgan fingerprint density at radius 1 is 1.41 bits per heavy atom. The van der Waals surface area contributed by atoms with E-state index in [-0.39, 0.29) is 59.5 Å². The summed E-state index contributed by atoms with van der Waals surface area (Å²) in [4.78, 5) is 0.766. The summed E-state index contributed by atoms with van der Waals surface area (Å²) in [6, 6.07) is 6.63. The predicted molar refractivity (Wildman–Crippen MR) is 70.3 cm³/mol. The van der Waals surface area contributed by atoms with E-state index in [0.29, 0.717) is 0 Å². The van der Waals surface area contributed by atoms with Crippen LogP contribution in [0.4, 0.5) is 8.78 Å². The van der Waals surface area contributed by atoms with E-state index in [1.807, 2.05) is 32.9 Å². The van der Waals surface area contributed by atoms with Gasteiger partial charge >= 0.3 is 0 Å². The molecule has 1 radical (unpaired) electrons. The maximum absolute atomic E-state index is 11.8. The number of halogens is 3. The van der Waals surface area contributed by atoms with Crippen LogP contribution in [-0.2, 0) is 53.8 Å². The predicted octanol–water partition coefficient (Wildman–Crippen LogP) is 4.94. The number of hydrogen-bond acceptors (Lipinski definition) is 1. The van der Waals surface area contributed by atoms with E-state index in [2.05, 4.69) is 28.7 Å². The molecule has 1 aromatic rings. The second-order valence-corrected chi connectivity index (χ2v) is 4.63. The van der Waals surface area contributed by atoms with Gasteiger partial charge < -0.3 is 8.78 Å². The van der Waals surface area contributed by atoms with Crippen molar-refractivity contribution in [3.63, 3.8) is 0 Å². The molecule has 1 aromatic carbocycles. The van der Waals surface area contributed by atoms with Crippen LogP contribution in [0.15, 0.2) is 17.0 Å². The Morgan fingerprint density at radius 2 is 1.94 bits per heavy atom. The fourth-order valence-corrected chi connectivity index (χ4v) is 2.02. The first-order chi connectivity index (χ1) is 7.09. The van der Waals surface area contributed by atoms with Gasteiger partial charge in [-0.25, -0.2) is 0 Å². The smallest absolute Gasteiger partial charge is 0.0110 e. The number of thioether (sulfide) groups is 1. The van der Waals surface area contributed by atoms with Crippen molar-refractivity contribution < 1.29 is 62.6 Å². The van der Waals surface area contributed by atoms with Crippen molar-refractivity contribution in [3.8, 4) is 0 Å². The Balaban J connectivity index is -0.000000464. The summed E-state index contributed by atoms with van der Waals surface area (Å²) < 4.78 is 24.6. The second kappa shape index (κ2) is 14.4. The van der Waals surface area contributed by atoms with Crippen molar-refractivity contribution in [1.29, 1.82) is 0 Å². The monoisotopic (exact) mass is 615 g/mol. The van der Waals surface area contributed by atoms with Crippen molar-refractivity contribution in [3.05, 3.63) is 33.8 Å². The fourth-order valence-electron chi connectivity index (χ4n) is 0.735. The van der Waals surface area contributed by atoms with Crippen LogP contribution in [0.25, 0.3) is 0 Å². The van der Waals surface area contributed by atoms with E-state index in [9.17, 15) is 8.78 Å². The zero-order valence-corrected chi connectivity index (χ0v) is 18.6. The van der Waals surface area contributed by atoms with Gasteiger partial charge in [0.1, 0.15) is 0 Å². The molecule has 0 heterocycles. The van der Waals surface area contributed by atoms with Crippen LogP contribution in [-0.4, -0.2) is 5.75 Å². The van der Waals surface area contributed by atoms with Gasteiger partial charge in [-0.1, -0.05) is 52.7 Å². The molecule has 1 rings (SSSR count). The molecule has 0 aliphatic carbocycles. The average molecular weight is 615 g/mol. The molecule has 0 aliphatic heterocycles. The summed E-state index contributed by atoms with van der Waals surface area (Å²) in [5.74, 6) is -0.240. The number of aryl methyl sites for hydroxylation is 1. The zero-order chi connectivity index (χ0) is 11.8. The van der Waals surface area contributed by atoms with Crippen molar-refractivity contribution in [1.82, 2.24) is 0 Å². The summed E-state index contributed by atoms with van der Waals surface area (Å²) in [5, 5.41) is 0. The minimum Gasteiger partial charge on any atom is -0.420 e. The third-order valence-corrected chi connectivity index (χ3v) is 3.47. The number of hydrogen-bond donors (Lipinski definition) is 0. The molecule has 0 bridgehead atoms. The molecule has 0 saturated carbocycles. The quantitative estimate of drug-likeness (QED) is 0.264. The summed E-state index contributed by atoms with van der Waals surface area (Å²) >= 11 is 3.28. The van der Waals surface area contributed by atoms with Crippen molar-refractivity contribution in [2.24, 2.45) is 0 Å². The van der Waals surface area contributed by atoms with E-state index < -0.39 is 6.43 Å². The summed E-state index contributed by atoms with van der Waals surface area (Å²) in [5.41, 5.74) is 1.12. The fraction of sp³-hybridized carbons (Fsp3) is 0.364. The molecule has 0 fully saturated rings. The van der Waals surface area contributed by atoms with Gasteiger partial charge in [0, 0.05) is 60.2 Å². The van der Waals surface area contributed by atoms with Crippen LogP contribution in [0.3, 0.4) is 0 Å². The van der Waals surface area contributed by atoms with E-state index in [4.69, 9.17) is 0 Å². The van der Waals surface area contributed by atoms with Gasteiger partial charge in [0.25, 0.3) is 0 Å². The Morgan fingerprint density at radius 3 is 2.35 bits per heavy atom. The molecular weight excluding hydrogens is 602 g/mol. The van der Waals surface area contributed by atoms with Crippen molar-refractivity contribution in [2.45, 2.75) is 25.7 Å². The Labute approximate surface area is 160 Å². The molecule has 0 aromatic heterocycles. The molecule has 0 nitrogen and oxygen atoms in total. The molecule has 0 atom stereocenters. The summed E-state index contributed by atoms with van der Waals surface area (Å²) in [6.07, 6.45) is -1.55. The van der Waals surface area contributed by atoms with Crippen LogP contribution in [0.1, 0.15) is 19.4 Å². The average Bonchev–Trinajstić information content (AvgIpc) is 2.23. The molecular formula is C11H13F2ISWY-2. The molecule has 95 valence electrons. The molecule has 0 saturated heterocycles. The number of rotatable bonds is 3. The Hall–Kier alpha value is 1.95. The van der Waals surface area contributed by atoms with Crippen molar-refractivity contribution in [2.75, 3.05) is 5.75 Å². The molecule has 17 heavy (non-hydrogen) atoms. The van der Waals surface area contributed by atoms with Gasteiger partial charge in [0.15, 0.2) is 0 Å². The first kappa shape index (κ1) is 24.0. The maximum Gasteiger partial charge on any atom is 0.0110 e. The maximum atomic E-state index is 11.8. The topological polar surface area (TPSA) is 0 Å². The molecule has 0 aliphatic rings. The third kappa shape index (κ3) is 11.5. The summed E-state index contributed by atoms with van der Waals surface area (Å²) in [6.45, 7) is 5.97. The minimum atomic E-state index is -1.55. The van der Waals surface area contributed by atoms with E-state index in [1.54, 1.807) is 0 Å². The molecule has 0 spiro atoms. The zero-order valence-electron chi connectivity index (χ0n) is 9.89. The van der Waals surface area contributed by atoms with Gasteiger partial charge in [-0.3, -0.25) is 0 Å². The van der Waals surface area contributed by atoms with Crippen LogP contribution in [0, 0.1) is 23.0 Å². The largest absolute Gasteiger partial charge is 0.420 e. The van der Waals surface area contributed by atoms with Gasteiger partial charge in [0.2, 0.25) is 0 Å². The Bertz CT molecular complexity index is 301. The van der Waals surface area contributed by atoms with Gasteiger partial charge in [0.05, 0.1) is 0 Å². The van der Waals surface area contributed by atoms with E-state index in [0.717, 1.165) is 25.8 Å². The van der Waals surface area contributed by atoms with Gasteiger partial charge in [-0.05, 0) is 0 Å². The van der Waals surface area contributed by atoms with Gasteiger partial charge in [-0.2, -0.15) is 23.9 Å². The SMILES string of the molecule is CC.Cc1c[c-]c(SC[C-](F)F)cc1I.[W].[Y]. The molecule has 0 unspecified atom stereocenters. The van der Waals surface area contributed by atoms with Crippen LogP contribution in [0.2, 0.25) is 0 Å². The third-order valence-electron chi connectivity index (χ3n) is 1.40. The van der Waals surface area contributed by atoms with Crippen LogP contribution < -0.4 is 0 Å². The van der Waals surface area contributed by atoms with Crippen LogP contribution in [0.5, 0.6) is 0 Å². The van der Waals surface area contributed by atoms with Crippen molar-refractivity contribution >= 4 is 34.4 Å². The first-order valence-electron chi connectivity index (χ1n) is 4.57. The normalized spacial score (nSPS) is 8.65. The Kier molecular flexibility index (Phi) is 20.3. The van der Waals surface area contributed by atoms with E-state index >= 15 is 0 Å². The minimum absolute atomic E-state index is 0. The first-order valence-corrected chi connectivity index (χ1v) is 6.63. The summed E-state index contributed by atoms with van der Waals surface area (Å²) in [7, 11) is 0. The second-order valence-electron chi connectivity index (χ2n) is 2.46. The number of benzene rings is 1. The molecule has 0 N–H and O–H groups in total. The molecule has 0 amide bonds. The standard InChI is InChI=1S/C9H7F2IS.C2H6.W.Y/c1-6-2-3-7(4-8(6)12)13-5-9(10)11;1-2;;/h2,4H,5H2,1H3;1-2H3;;/q-2;;;.